The molecule has 2 aliphatic carbocycles. The number of rotatable bonds is 19. The lowest BCUT2D eigenvalue weighted by Gasteiger charge is -2.33. The number of para-hydroxylation sites is 1. The number of likely N-dealkylation sites (N-methyl/N-ethyl adjacent to an activating group) is 1. The van der Waals surface area contributed by atoms with Gasteiger partial charge in [0.2, 0.25) is 11.8 Å². The van der Waals surface area contributed by atoms with Crippen LogP contribution in [0.2, 0.25) is 0 Å². The molecule has 3 fully saturated rings. The van der Waals surface area contributed by atoms with Gasteiger partial charge in [0.15, 0.2) is 28.6 Å². The van der Waals surface area contributed by atoms with E-state index in [-0.39, 0.29) is 52.8 Å². The quantitative estimate of drug-likeness (QED) is 0.0359. The molecule has 1 saturated heterocycles. The number of H-pyrrole nitrogens is 4. The lowest BCUT2D eigenvalue weighted by atomic mass is 10.0. The monoisotopic (exact) mass is 1660 g/mol. The third-order valence-electron chi connectivity index (χ3n) is 21.0. The van der Waals surface area contributed by atoms with Crippen LogP contribution < -0.4 is 36.8 Å². The van der Waals surface area contributed by atoms with E-state index in [1.807, 2.05) is 168 Å². The number of fused-ring (bicyclic) bond motifs is 4. The number of halogens is 3. The van der Waals surface area contributed by atoms with E-state index in [9.17, 15) is 41.9 Å². The Hall–Kier alpha value is -15.5. The predicted molar refractivity (Wildman–Crippen MR) is 469 cm³/mol. The lowest BCUT2D eigenvalue weighted by Crippen LogP contribution is -2.44. The Labute approximate surface area is 707 Å². The van der Waals surface area contributed by atoms with Crippen molar-refractivity contribution in [2.24, 2.45) is 18.9 Å². The maximum atomic E-state index is 13.1. The van der Waals surface area contributed by atoms with Crippen molar-refractivity contribution in [3.8, 4) is 44.5 Å². The molecule has 10 N–H and O–H groups in total. The van der Waals surface area contributed by atoms with Crippen molar-refractivity contribution < 1.29 is 41.9 Å². The molecule has 3 aliphatic rings. The fraction of sp³-hybridized carbons (Fsp3) is 0.187. The number of aromatic amines is 4. The largest absolute Gasteiger partial charge is 0.416 e. The summed E-state index contributed by atoms with van der Waals surface area (Å²) < 4.78 is 40.0. The van der Waals surface area contributed by atoms with Crippen molar-refractivity contribution in [2.75, 3.05) is 84.1 Å². The average molecular weight is 1670 g/mol. The molecule has 30 nitrogen and oxygen atoms in total. The van der Waals surface area contributed by atoms with Crippen molar-refractivity contribution in [1.82, 2.24) is 85.3 Å². The number of pyridine rings is 5. The maximum Gasteiger partial charge on any atom is 0.416 e. The fourth-order valence-electron chi connectivity index (χ4n) is 13.9. The SMILES string of the molecule is CN(C)Cc1cncc(-c2ccc3[nH]nc(C(=O)Nc4ccccc4)c3c2)c1.CN1CCN(c2ccc(NC(=O)c3n[nH]c4ccc(-c5cncc(NC(=O)C6CC6)c5)cc34)cn2)CC1.Cc1cc(NC(=O)c2n[nH]c3ccc(-c4cccnc4)cc23)nn1C.O=C(Nc1ccc(C(F)(F)F)cc1)c1n[nH]c2ccc(-c3cncc(NC(=O)C4CC4)c3)cc12. The summed E-state index contributed by atoms with van der Waals surface area (Å²) in [5.41, 5.74) is 15.4. The van der Waals surface area contributed by atoms with Crippen molar-refractivity contribution >= 4 is 119 Å². The van der Waals surface area contributed by atoms with E-state index in [2.05, 4.69) is 131 Å². The Morgan fingerprint density at radius 3 is 1.28 bits per heavy atom. The number of nitrogens with zero attached hydrogens (tertiary/aromatic N) is 14. The summed E-state index contributed by atoms with van der Waals surface area (Å²) in [4.78, 5) is 104. The minimum atomic E-state index is -4.45. The molecule has 16 aromatic rings. The Bertz CT molecular complexity index is 6590. The molecular weight excluding hydrogens is 1580 g/mol. The van der Waals surface area contributed by atoms with Gasteiger partial charge in [0.25, 0.3) is 23.6 Å². The molecule has 124 heavy (non-hydrogen) atoms. The topological polar surface area (TPSA) is 381 Å². The summed E-state index contributed by atoms with van der Waals surface area (Å²) >= 11 is 0. The summed E-state index contributed by atoms with van der Waals surface area (Å²) in [5.74, 6) is 0.187. The van der Waals surface area contributed by atoms with Gasteiger partial charge in [-0.2, -0.15) is 38.7 Å². The number of anilines is 7. The third kappa shape index (κ3) is 19.8. The first-order valence-corrected chi connectivity index (χ1v) is 39.9. The van der Waals surface area contributed by atoms with Crippen LogP contribution in [-0.4, -0.2) is 168 Å². The molecule has 0 unspecified atom stereocenters. The lowest BCUT2D eigenvalue weighted by molar-refractivity contribution is -0.137. The average Bonchev–Trinajstić information content (AvgIpc) is 1.67. The Morgan fingerprint density at radius 1 is 0.419 bits per heavy atom. The second kappa shape index (κ2) is 36.2. The molecule has 624 valence electrons. The van der Waals surface area contributed by atoms with Crippen molar-refractivity contribution in [2.45, 2.75) is 45.3 Å². The highest BCUT2D eigenvalue weighted by atomic mass is 19.4. The summed E-state index contributed by atoms with van der Waals surface area (Å²) in [6.45, 7) is 6.62. The van der Waals surface area contributed by atoms with Gasteiger partial charge in [0, 0.05) is 156 Å². The zero-order valence-electron chi connectivity index (χ0n) is 67.8. The molecule has 0 radical (unpaired) electrons. The zero-order valence-corrected chi connectivity index (χ0v) is 67.8. The number of piperazine rings is 1. The van der Waals surface area contributed by atoms with Crippen molar-refractivity contribution in [3.63, 3.8) is 0 Å². The van der Waals surface area contributed by atoms with Crippen LogP contribution in [0.5, 0.6) is 0 Å². The van der Waals surface area contributed by atoms with Gasteiger partial charge in [-0.25, -0.2) is 4.98 Å². The fourth-order valence-corrected chi connectivity index (χ4v) is 13.9. The van der Waals surface area contributed by atoms with Gasteiger partial charge >= 0.3 is 6.18 Å². The van der Waals surface area contributed by atoms with E-state index in [1.54, 1.807) is 66.3 Å². The molecule has 2 saturated carbocycles. The Morgan fingerprint density at radius 2 is 0.855 bits per heavy atom. The number of hydrogen-bond acceptors (Lipinski definition) is 19. The summed E-state index contributed by atoms with van der Waals surface area (Å²) in [6.07, 6.45) is 14.7. The molecule has 33 heteroatoms. The Kier molecular flexibility index (Phi) is 24.0. The van der Waals surface area contributed by atoms with Crippen LogP contribution in [0.15, 0.2) is 232 Å². The number of carbonyl (C=O) groups excluding carboxylic acids is 6. The van der Waals surface area contributed by atoms with Crippen LogP contribution in [0.3, 0.4) is 0 Å². The number of carbonyl (C=O) groups is 6. The van der Waals surface area contributed by atoms with Gasteiger partial charge < -0.3 is 46.6 Å². The number of nitrogens with one attached hydrogen (secondary N) is 10. The van der Waals surface area contributed by atoms with Gasteiger partial charge in [-0.15, -0.1) is 0 Å². The van der Waals surface area contributed by atoms with E-state index in [0.717, 1.165) is 165 Å². The van der Waals surface area contributed by atoms with E-state index in [4.69, 9.17) is 0 Å². The molecular formula is C91H83F3N24O6. The highest BCUT2D eigenvalue weighted by Gasteiger charge is 2.33. The summed E-state index contributed by atoms with van der Waals surface area (Å²) in [6, 6.07) is 51.7. The summed E-state index contributed by atoms with van der Waals surface area (Å²) in [7, 11) is 8.01. The molecule has 10 aromatic heterocycles. The molecule has 0 bridgehead atoms. The van der Waals surface area contributed by atoms with Crippen LogP contribution in [0.25, 0.3) is 88.1 Å². The number of hydrogen-bond donors (Lipinski definition) is 10. The molecule has 11 heterocycles. The van der Waals surface area contributed by atoms with Gasteiger partial charge in [-0.05, 0) is 203 Å². The van der Waals surface area contributed by atoms with Crippen LogP contribution in [0, 0.1) is 18.8 Å². The molecule has 0 spiro atoms. The highest BCUT2D eigenvalue weighted by Crippen LogP contribution is 2.36. The number of aromatic nitrogens is 15. The first kappa shape index (κ1) is 82.2. The number of alkyl halides is 3. The normalized spacial score (nSPS) is 13.2. The smallest absolute Gasteiger partial charge is 0.354 e. The van der Waals surface area contributed by atoms with E-state index in [1.165, 1.54) is 12.1 Å². The third-order valence-corrected chi connectivity index (χ3v) is 21.0. The van der Waals surface area contributed by atoms with Crippen LogP contribution in [0.1, 0.15) is 84.5 Å². The predicted octanol–water partition coefficient (Wildman–Crippen LogP) is 15.5. The molecule has 1 aliphatic heterocycles. The first-order chi connectivity index (χ1) is 60.0. The Balaban J connectivity index is 0.000000124. The number of aryl methyl sites for hydroxylation is 2. The number of amides is 6. The minimum Gasteiger partial charge on any atom is -0.354 e. The highest BCUT2D eigenvalue weighted by molar-refractivity contribution is 6.15. The summed E-state index contributed by atoms with van der Waals surface area (Å²) in [5, 5.41) is 52.3. The second-order valence-corrected chi connectivity index (χ2v) is 30.6. The standard InChI is InChI=1S/C27H28N8O2.C24H18F3N5O2.C22H21N5O.C18H16N6O/c1-34-8-10-35(11-9-34)24-7-5-20(16-29-24)30-27(37)25-22-13-18(4-6-23(22)32-33-25)19-12-21(15-28-14-19)31-26(36)17-2-3-17;25-24(26,27)16-4-6-17(7-5-16)29-23(34)21-19-10-14(3-8-20(19)31-32-21)15-9-18(12-28-11-15)30-22(33)13-1-2-13;1-27(2)14-15-10-17(13-23-12-15)16-8-9-20-19(11-16)21(26-25-20)22(28)24-18-6-4-3-5-7-18;1-11-8-16(23-24(11)2)20-18(25)17-14-9-12(5-6-15(14)21-22-17)13-4-3-7-19-10-13/h4-7,12-17H,2-3,8-11H2,1H3,(H,30,37)(H,31,36)(H,32,33);3-13H,1-2H2,(H,29,34)(H,30,33)(H,31,32);3-13H,14H2,1-2H3,(H,24,28)(H,25,26);3-10H,1-2H3,(H,21,22)(H,20,23,25). The molecule has 6 aromatic carbocycles. The van der Waals surface area contributed by atoms with Crippen molar-refractivity contribution in [3.05, 3.63) is 271 Å². The zero-order chi connectivity index (χ0) is 86.1. The molecule has 6 amide bonds. The van der Waals surface area contributed by atoms with E-state index < -0.39 is 17.6 Å². The van der Waals surface area contributed by atoms with Gasteiger partial charge in [-0.1, -0.05) is 48.5 Å². The van der Waals surface area contributed by atoms with E-state index in [0.29, 0.717) is 56.3 Å². The van der Waals surface area contributed by atoms with Gasteiger partial charge in [0.1, 0.15) is 5.82 Å². The molecule has 19 rings (SSSR count). The molecule has 0 atom stereocenters. The minimum absolute atomic E-state index is 0.0218. The van der Waals surface area contributed by atoms with Crippen LogP contribution in [0.4, 0.5) is 53.2 Å². The first-order valence-electron chi connectivity index (χ1n) is 39.9. The van der Waals surface area contributed by atoms with Gasteiger partial charge in [0.05, 0.1) is 63.3 Å². The van der Waals surface area contributed by atoms with Crippen LogP contribution in [-0.2, 0) is 29.4 Å². The van der Waals surface area contributed by atoms with Gasteiger partial charge in [-0.3, -0.25) is 73.8 Å². The van der Waals surface area contributed by atoms with E-state index >= 15 is 0 Å². The van der Waals surface area contributed by atoms with Crippen LogP contribution >= 0.6 is 0 Å². The van der Waals surface area contributed by atoms with Crippen molar-refractivity contribution in [1.29, 1.82) is 0 Å². The second-order valence-electron chi connectivity index (χ2n) is 30.6. The number of benzene rings is 6. The maximum absolute atomic E-state index is 13.1.